The molecule has 24 heavy (non-hydrogen) atoms. The molecule has 0 aliphatic rings. The van der Waals surface area contributed by atoms with Gasteiger partial charge in [-0.1, -0.05) is 36.7 Å². The second-order valence-electron chi connectivity index (χ2n) is 5.79. The van der Waals surface area contributed by atoms with Gasteiger partial charge in [0.1, 0.15) is 5.69 Å². The summed E-state index contributed by atoms with van der Waals surface area (Å²) in [6, 6.07) is 7.81. The Labute approximate surface area is 143 Å². The van der Waals surface area contributed by atoms with Crippen LogP contribution in [-0.2, 0) is 6.54 Å². The van der Waals surface area contributed by atoms with Crippen molar-refractivity contribution in [2.75, 3.05) is 0 Å². The Morgan fingerprint density at radius 3 is 2.67 bits per heavy atom. The predicted octanol–water partition coefficient (Wildman–Crippen LogP) is 3.55. The molecule has 7 heteroatoms. The van der Waals surface area contributed by atoms with Crippen LogP contribution in [0.25, 0.3) is 11.5 Å². The van der Waals surface area contributed by atoms with Crippen molar-refractivity contribution in [3.8, 4) is 11.5 Å². The van der Waals surface area contributed by atoms with Crippen LogP contribution in [0, 0.1) is 6.92 Å². The molecule has 0 fully saturated rings. The zero-order chi connectivity index (χ0) is 17.1. The number of nitrogens with zero attached hydrogens (tertiary/aromatic N) is 3. The van der Waals surface area contributed by atoms with E-state index in [0.717, 1.165) is 16.1 Å². The first kappa shape index (κ1) is 16.3. The van der Waals surface area contributed by atoms with Crippen LogP contribution >= 0.6 is 11.3 Å². The van der Waals surface area contributed by atoms with Gasteiger partial charge in [-0.2, -0.15) is 4.98 Å². The molecule has 0 spiro atoms. The Kier molecular flexibility index (Phi) is 4.71. The lowest BCUT2D eigenvalue weighted by atomic mass is 10.1. The zero-order valence-corrected chi connectivity index (χ0v) is 14.6. The summed E-state index contributed by atoms with van der Waals surface area (Å²) < 4.78 is 5.24. The van der Waals surface area contributed by atoms with E-state index < -0.39 is 0 Å². The van der Waals surface area contributed by atoms with Gasteiger partial charge in [0.05, 0.1) is 11.6 Å². The molecule has 1 N–H and O–H groups in total. The molecular weight excluding hydrogens is 324 g/mol. The first-order valence-corrected chi connectivity index (χ1v) is 8.54. The topological polar surface area (TPSA) is 80.9 Å². The Morgan fingerprint density at radius 1 is 1.25 bits per heavy atom. The van der Waals surface area contributed by atoms with Crippen molar-refractivity contribution in [2.24, 2.45) is 0 Å². The molecule has 3 rings (SSSR count). The molecule has 0 unspecified atom stereocenters. The van der Waals surface area contributed by atoms with Gasteiger partial charge in [0.15, 0.2) is 5.82 Å². The highest BCUT2D eigenvalue weighted by Gasteiger charge is 2.14. The van der Waals surface area contributed by atoms with Gasteiger partial charge in [0, 0.05) is 16.9 Å². The number of aromatic nitrogens is 3. The average molecular weight is 342 g/mol. The number of carbonyl (C=O) groups is 1. The third-order valence-corrected chi connectivity index (χ3v) is 4.57. The van der Waals surface area contributed by atoms with Gasteiger partial charge < -0.3 is 9.84 Å². The highest BCUT2D eigenvalue weighted by Crippen LogP contribution is 2.19. The lowest BCUT2D eigenvalue weighted by Crippen LogP contribution is -2.23. The van der Waals surface area contributed by atoms with Gasteiger partial charge in [0.25, 0.3) is 11.8 Å². The number of hydrogen-bond donors (Lipinski definition) is 1. The number of rotatable bonds is 5. The fourth-order valence-electron chi connectivity index (χ4n) is 2.05. The second kappa shape index (κ2) is 6.92. The van der Waals surface area contributed by atoms with E-state index in [1.165, 1.54) is 11.3 Å². The van der Waals surface area contributed by atoms with E-state index in [1.54, 1.807) is 5.38 Å². The molecule has 6 nitrogen and oxygen atoms in total. The van der Waals surface area contributed by atoms with Crippen LogP contribution in [-0.4, -0.2) is 21.0 Å². The standard InChI is InChI=1S/C17H18N4O2S/c1-10(2)17-19-13(9-24-17)15(22)18-8-14-20-16(23-21-14)12-6-4-11(3)5-7-12/h4-7,9-10H,8H2,1-3H3,(H,18,22). The van der Waals surface area contributed by atoms with Gasteiger partial charge in [-0.25, -0.2) is 4.98 Å². The van der Waals surface area contributed by atoms with E-state index >= 15 is 0 Å². The normalized spacial score (nSPS) is 11.0. The van der Waals surface area contributed by atoms with Gasteiger partial charge in [-0.3, -0.25) is 4.79 Å². The molecule has 2 heterocycles. The molecule has 1 aromatic carbocycles. The summed E-state index contributed by atoms with van der Waals surface area (Å²) in [6.07, 6.45) is 0. The summed E-state index contributed by atoms with van der Waals surface area (Å²) >= 11 is 1.49. The first-order chi connectivity index (χ1) is 11.5. The molecule has 2 aromatic heterocycles. The van der Waals surface area contributed by atoms with E-state index in [9.17, 15) is 4.79 Å². The molecule has 0 aliphatic heterocycles. The van der Waals surface area contributed by atoms with E-state index in [4.69, 9.17) is 4.52 Å². The molecule has 0 radical (unpaired) electrons. The van der Waals surface area contributed by atoms with Crippen LogP contribution in [0.5, 0.6) is 0 Å². The largest absolute Gasteiger partial charge is 0.343 e. The van der Waals surface area contributed by atoms with Crippen molar-refractivity contribution >= 4 is 17.2 Å². The molecule has 0 saturated heterocycles. The third-order valence-electron chi connectivity index (χ3n) is 3.42. The summed E-state index contributed by atoms with van der Waals surface area (Å²) in [5.74, 6) is 0.943. The minimum absolute atomic E-state index is 0.197. The number of benzene rings is 1. The van der Waals surface area contributed by atoms with Gasteiger partial charge in [0.2, 0.25) is 0 Å². The minimum Gasteiger partial charge on any atom is -0.343 e. The van der Waals surface area contributed by atoms with E-state index in [-0.39, 0.29) is 12.5 Å². The zero-order valence-electron chi connectivity index (χ0n) is 13.7. The van der Waals surface area contributed by atoms with Crippen molar-refractivity contribution in [2.45, 2.75) is 33.2 Å². The highest BCUT2D eigenvalue weighted by atomic mass is 32.1. The van der Waals surface area contributed by atoms with Crippen molar-refractivity contribution in [3.05, 3.63) is 51.7 Å². The van der Waals surface area contributed by atoms with Crippen LogP contribution in [0.1, 0.15) is 46.6 Å². The Bertz CT molecular complexity index is 836. The second-order valence-corrected chi connectivity index (χ2v) is 6.68. The fourth-order valence-corrected chi connectivity index (χ4v) is 2.86. The quantitative estimate of drug-likeness (QED) is 0.767. The number of aryl methyl sites for hydroxylation is 1. The van der Waals surface area contributed by atoms with E-state index in [0.29, 0.717) is 23.3 Å². The molecular formula is C17H18N4O2S. The van der Waals surface area contributed by atoms with Crippen molar-refractivity contribution in [1.82, 2.24) is 20.4 Å². The fraction of sp³-hybridized carbons (Fsp3) is 0.294. The predicted molar refractivity (Wildman–Crippen MR) is 91.8 cm³/mol. The third kappa shape index (κ3) is 3.68. The molecule has 124 valence electrons. The minimum atomic E-state index is -0.236. The highest BCUT2D eigenvalue weighted by molar-refractivity contribution is 7.09. The number of carbonyl (C=O) groups excluding carboxylic acids is 1. The van der Waals surface area contributed by atoms with Crippen molar-refractivity contribution in [1.29, 1.82) is 0 Å². The van der Waals surface area contributed by atoms with Crippen LogP contribution in [0.2, 0.25) is 0 Å². The maximum Gasteiger partial charge on any atom is 0.271 e. The monoisotopic (exact) mass is 342 g/mol. The van der Waals surface area contributed by atoms with Gasteiger partial charge in [-0.15, -0.1) is 11.3 Å². The first-order valence-electron chi connectivity index (χ1n) is 7.66. The maximum atomic E-state index is 12.1. The van der Waals surface area contributed by atoms with Crippen LogP contribution < -0.4 is 5.32 Å². The lowest BCUT2D eigenvalue weighted by Gasteiger charge is -1.99. The molecule has 0 atom stereocenters. The molecule has 0 aliphatic carbocycles. The number of amides is 1. The SMILES string of the molecule is Cc1ccc(-c2nc(CNC(=O)c3csc(C(C)C)n3)no2)cc1. The average Bonchev–Trinajstić information content (AvgIpc) is 3.23. The van der Waals surface area contributed by atoms with E-state index in [1.807, 2.05) is 45.0 Å². The van der Waals surface area contributed by atoms with Crippen molar-refractivity contribution in [3.63, 3.8) is 0 Å². The summed E-state index contributed by atoms with van der Waals surface area (Å²) in [4.78, 5) is 20.7. The Hall–Kier alpha value is -2.54. The molecule has 3 aromatic rings. The Balaban J connectivity index is 1.62. The van der Waals surface area contributed by atoms with Gasteiger partial charge >= 0.3 is 0 Å². The lowest BCUT2D eigenvalue weighted by molar-refractivity contribution is 0.0945. The maximum absolute atomic E-state index is 12.1. The summed E-state index contributed by atoms with van der Waals surface area (Å²) in [5, 5.41) is 9.37. The molecule has 1 amide bonds. The number of nitrogens with one attached hydrogen (secondary N) is 1. The van der Waals surface area contributed by atoms with Crippen LogP contribution in [0.3, 0.4) is 0 Å². The number of hydrogen-bond acceptors (Lipinski definition) is 6. The summed E-state index contributed by atoms with van der Waals surface area (Å²) in [6.45, 7) is 6.31. The van der Waals surface area contributed by atoms with Crippen molar-refractivity contribution < 1.29 is 9.32 Å². The summed E-state index contributed by atoms with van der Waals surface area (Å²) in [5.41, 5.74) is 2.44. The van der Waals surface area contributed by atoms with Crippen LogP contribution in [0.4, 0.5) is 0 Å². The molecule has 0 saturated carbocycles. The van der Waals surface area contributed by atoms with Crippen LogP contribution in [0.15, 0.2) is 34.2 Å². The summed E-state index contributed by atoms with van der Waals surface area (Å²) in [7, 11) is 0. The number of thiazole rings is 1. The Morgan fingerprint density at radius 2 is 2.00 bits per heavy atom. The molecule has 0 bridgehead atoms. The smallest absolute Gasteiger partial charge is 0.271 e. The van der Waals surface area contributed by atoms with Gasteiger partial charge in [-0.05, 0) is 19.1 Å². The van der Waals surface area contributed by atoms with E-state index in [2.05, 4.69) is 20.4 Å².